The second-order valence-corrected chi connectivity index (χ2v) is 5.15. The Bertz CT molecular complexity index is 520. The van der Waals surface area contributed by atoms with E-state index in [-0.39, 0.29) is 0 Å². The van der Waals surface area contributed by atoms with Gasteiger partial charge in [-0.1, -0.05) is 6.07 Å². The van der Waals surface area contributed by atoms with E-state index < -0.39 is 0 Å². The lowest BCUT2D eigenvalue weighted by Crippen LogP contribution is -2.14. The molecule has 1 fully saturated rings. The van der Waals surface area contributed by atoms with Crippen molar-refractivity contribution in [2.24, 2.45) is 0 Å². The van der Waals surface area contributed by atoms with Crippen LogP contribution in [0.1, 0.15) is 30.1 Å². The van der Waals surface area contributed by atoms with Gasteiger partial charge in [-0.15, -0.1) is 0 Å². The van der Waals surface area contributed by atoms with Gasteiger partial charge in [-0.3, -0.25) is 4.98 Å². The van der Waals surface area contributed by atoms with Crippen molar-refractivity contribution in [2.45, 2.75) is 38.5 Å². The van der Waals surface area contributed by atoms with Gasteiger partial charge in [-0.05, 0) is 37.1 Å². The highest BCUT2D eigenvalue weighted by atomic mass is 16.5. The van der Waals surface area contributed by atoms with Crippen molar-refractivity contribution in [2.75, 3.05) is 6.61 Å². The fourth-order valence-electron chi connectivity index (χ4n) is 2.02. The minimum absolute atomic E-state index is 0.524. The van der Waals surface area contributed by atoms with Crippen LogP contribution in [0.15, 0.2) is 40.9 Å². The summed E-state index contributed by atoms with van der Waals surface area (Å²) in [6, 6.07) is 10.6. The standard InChI is InChI=1S/C16H20N2O2/c1-2-9-17-13(3-1)8-10-19-12-16-7-6-15(20-16)11-18-14-4-5-14/h1-3,6-7,9,14,18H,4-5,8,10-12H2. The molecule has 0 aliphatic heterocycles. The topological polar surface area (TPSA) is 47.3 Å². The van der Waals surface area contributed by atoms with Gasteiger partial charge in [-0.25, -0.2) is 0 Å². The number of pyridine rings is 1. The van der Waals surface area contributed by atoms with Crippen LogP contribution in [0.4, 0.5) is 0 Å². The highest BCUT2D eigenvalue weighted by Gasteiger charge is 2.20. The average molecular weight is 272 g/mol. The molecule has 1 N–H and O–H groups in total. The molecule has 1 saturated carbocycles. The zero-order chi connectivity index (χ0) is 13.6. The monoisotopic (exact) mass is 272 g/mol. The van der Waals surface area contributed by atoms with Gasteiger partial charge in [0.2, 0.25) is 0 Å². The predicted octanol–water partition coefficient (Wildman–Crippen LogP) is 2.69. The van der Waals surface area contributed by atoms with Gasteiger partial charge in [0, 0.05) is 24.4 Å². The Hall–Kier alpha value is -1.65. The Morgan fingerprint density at radius 3 is 2.90 bits per heavy atom. The van der Waals surface area contributed by atoms with Crippen LogP contribution in [0.3, 0.4) is 0 Å². The Morgan fingerprint density at radius 1 is 1.20 bits per heavy atom. The molecule has 106 valence electrons. The lowest BCUT2D eigenvalue weighted by atomic mass is 10.3. The number of aromatic nitrogens is 1. The van der Waals surface area contributed by atoms with E-state index >= 15 is 0 Å². The summed E-state index contributed by atoms with van der Waals surface area (Å²) in [5.41, 5.74) is 1.06. The van der Waals surface area contributed by atoms with Crippen LogP contribution in [-0.4, -0.2) is 17.6 Å². The molecule has 0 amide bonds. The first-order valence-corrected chi connectivity index (χ1v) is 7.19. The van der Waals surface area contributed by atoms with E-state index in [1.807, 2.05) is 30.3 Å². The number of ether oxygens (including phenoxy) is 1. The van der Waals surface area contributed by atoms with E-state index in [1.165, 1.54) is 12.8 Å². The van der Waals surface area contributed by atoms with Crippen molar-refractivity contribution >= 4 is 0 Å². The summed E-state index contributed by atoms with van der Waals surface area (Å²) >= 11 is 0. The van der Waals surface area contributed by atoms with Gasteiger partial charge in [0.15, 0.2) is 0 Å². The summed E-state index contributed by atoms with van der Waals surface area (Å²) in [6.45, 7) is 2.00. The maximum absolute atomic E-state index is 5.71. The highest BCUT2D eigenvalue weighted by molar-refractivity contribution is 5.07. The van der Waals surface area contributed by atoms with E-state index in [0.717, 1.165) is 30.2 Å². The first-order valence-electron chi connectivity index (χ1n) is 7.19. The van der Waals surface area contributed by atoms with Gasteiger partial charge in [0.1, 0.15) is 18.1 Å². The number of nitrogens with zero attached hydrogens (tertiary/aromatic N) is 1. The Kier molecular flexibility index (Phi) is 4.46. The number of rotatable bonds is 8. The SMILES string of the molecule is c1ccc(CCOCc2ccc(CNC3CC3)o2)nc1. The molecule has 3 rings (SSSR count). The average Bonchev–Trinajstić information content (AvgIpc) is 3.21. The Morgan fingerprint density at radius 2 is 2.10 bits per heavy atom. The molecular weight excluding hydrogens is 252 g/mol. The largest absolute Gasteiger partial charge is 0.462 e. The van der Waals surface area contributed by atoms with E-state index in [9.17, 15) is 0 Å². The molecule has 0 atom stereocenters. The third kappa shape index (κ3) is 4.18. The predicted molar refractivity (Wildman–Crippen MR) is 76.2 cm³/mol. The lowest BCUT2D eigenvalue weighted by Gasteiger charge is -2.02. The van der Waals surface area contributed by atoms with Crippen molar-refractivity contribution in [3.8, 4) is 0 Å². The summed E-state index contributed by atoms with van der Waals surface area (Å²) in [7, 11) is 0. The third-order valence-corrected chi connectivity index (χ3v) is 3.33. The molecule has 20 heavy (non-hydrogen) atoms. The van der Waals surface area contributed by atoms with Crippen LogP contribution in [0.2, 0.25) is 0 Å². The first-order chi connectivity index (χ1) is 9.90. The number of hydrogen-bond acceptors (Lipinski definition) is 4. The van der Waals surface area contributed by atoms with Gasteiger partial charge in [0.25, 0.3) is 0 Å². The summed E-state index contributed by atoms with van der Waals surface area (Å²) in [5, 5.41) is 3.43. The molecule has 0 radical (unpaired) electrons. The zero-order valence-corrected chi connectivity index (χ0v) is 11.5. The lowest BCUT2D eigenvalue weighted by molar-refractivity contribution is 0.107. The van der Waals surface area contributed by atoms with E-state index in [4.69, 9.17) is 9.15 Å². The second-order valence-electron chi connectivity index (χ2n) is 5.15. The number of hydrogen-bond donors (Lipinski definition) is 1. The fourth-order valence-corrected chi connectivity index (χ4v) is 2.02. The van der Waals surface area contributed by atoms with Crippen molar-refractivity contribution in [1.29, 1.82) is 0 Å². The minimum atomic E-state index is 0.524. The molecule has 0 bridgehead atoms. The molecule has 2 aromatic heterocycles. The van der Waals surface area contributed by atoms with Crippen LogP contribution in [0.5, 0.6) is 0 Å². The normalized spacial score (nSPS) is 14.6. The Balaban J connectivity index is 1.35. The summed E-state index contributed by atoms with van der Waals surface area (Å²) in [4.78, 5) is 4.26. The van der Waals surface area contributed by atoms with Crippen LogP contribution in [0.25, 0.3) is 0 Å². The molecule has 0 aromatic carbocycles. The molecule has 0 unspecified atom stereocenters. The fraction of sp³-hybridized carbons (Fsp3) is 0.438. The van der Waals surface area contributed by atoms with Gasteiger partial charge in [0.05, 0.1) is 13.2 Å². The summed E-state index contributed by atoms with van der Waals surface area (Å²) in [6.07, 6.45) is 5.23. The first kappa shape index (κ1) is 13.3. The number of nitrogens with one attached hydrogen (secondary N) is 1. The van der Waals surface area contributed by atoms with Crippen molar-refractivity contribution in [3.05, 3.63) is 53.7 Å². The molecule has 0 spiro atoms. The van der Waals surface area contributed by atoms with Crippen LogP contribution < -0.4 is 5.32 Å². The van der Waals surface area contributed by atoms with Crippen LogP contribution >= 0.6 is 0 Å². The van der Waals surface area contributed by atoms with E-state index in [1.54, 1.807) is 6.20 Å². The molecule has 4 heteroatoms. The maximum Gasteiger partial charge on any atom is 0.129 e. The van der Waals surface area contributed by atoms with E-state index in [0.29, 0.717) is 19.3 Å². The van der Waals surface area contributed by atoms with Crippen LogP contribution in [0, 0.1) is 0 Å². The summed E-state index contributed by atoms with van der Waals surface area (Å²) in [5.74, 6) is 1.87. The molecule has 2 heterocycles. The van der Waals surface area contributed by atoms with Gasteiger partial charge < -0.3 is 14.5 Å². The molecule has 2 aromatic rings. The number of furan rings is 1. The molecule has 1 aliphatic rings. The van der Waals surface area contributed by atoms with Crippen LogP contribution in [-0.2, 0) is 24.3 Å². The maximum atomic E-state index is 5.71. The second kappa shape index (κ2) is 6.68. The molecule has 1 aliphatic carbocycles. The zero-order valence-electron chi connectivity index (χ0n) is 11.5. The van der Waals surface area contributed by atoms with Gasteiger partial charge in [-0.2, -0.15) is 0 Å². The van der Waals surface area contributed by atoms with Crippen molar-refractivity contribution < 1.29 is 9.15 Å². The Labute approximate surface area is 119 Å². The van der Waals surface area contributed by atoms with Gasteiger partial charge >= 0.3 is 0 Å². The van der Waals surface area contributed by atoms with Crippen molar-refractivity contribution in [1.82, 2.24) is 10.3 Å². The molecule has 4 nitrogen and oxygen atoms in total. The minimum Gasteiger partial charge on any atom is -0.462 e. The van der Waals surface area contributed by atoms with Crippen molar-refractivity contribution in [3.63, 3.8) is 0 Å². The molecular formula is C16H20N2O2. The summed E-state index contributed by atoms with van der Waals surface area (Å²) < 4.78 is 11.3. The third-order valence-electron chi connectivity index (χ3n) is 3.33. The highest BCUT2D eigenvalue weighted by Crippen LogP contribution is 2.19. The molecule has 0 saturated heterocycles. The smallest absolute Gasteiger partial charge is 0.129 e. The quantitative estimate of drug-likeness (QED) is 0.751. The van der Waals surface area contributed by atoms with E-state index in [2.05, 4.69) is 10.3 Å².